The molecule has 18 heavy (non-hydrogen) atoms. The lowest BCUT2D eigenvalue weighted by atomic mass is 9.81. The third-order valence-corrected chi connectivity index (χ3v) is 3.50. The van der Waals surface area contributed by atoms with E-state index in [0.717, 1.165) is 39.4 Å². The Morgan fingerprint density at radius 2 is 2.06 bits per heavy atom. The van der Waals surface area contributed by atoms with Crippen LogP contribution in [0.5, 0.6) is 0 Å². The Balaban J connectivity index is 2.54. The van der Waals surface area contributed by atoms with Crippen molar-refractivity contribution in [2.24, 2.45) is 10.8 Å². The zero-order valence-corrected chi connectivity index (χ0v) is 13.0. The lowest BCUT2D eigenvalue weighted by Crippen LogP contribution is -2.49. The number of hydrogen-bond acceptors (Lipinski definition) is 3. The summed E-state index contributed by atoms with van der Waals surface area (Å²) in [5, 5.41) is 3.52. The van der Waals surface area contributed by atoms with Crippen molar-refractivity contribution in [3.05, 3.63) is 0 Å². The van der Waals surface area contributed by atoms with Gasteiger partial charge in [-0.3, -0.25) is 0 Å². The Kier molecular flexibility index (Phi) is 6.09. The van der Waals surface area contributed by atoms with Gasteiger partial charge < -0.3 is 15.0 Å². The topological polar surface area (TPSA) is 24.5 Å². The molecule has 1 rings (SSSR count). The highest BCUT2D eigenvalue weighted by atomic mass is 16.5. The van der Waals surface area contributed by atoms with Crippen molar-refractivity contribution in [3.8, 4) is 0 Å². The summed E-state index contributed by atoms with van der Waals surface area (Å²) in [4.78, 5) is 2.48. The number of nitrogens with one attached hydrogen (secondary N) is 1. The predicted octanol–water partition coefficient (Wildman–Crippen LogP) is 2.37. The Bertz CT molecular complexity index is 229. The van der Waals surface area contributed by atoms with Crippen LogP contribution < -0.4 is 5.32 Å². The van der Waals surface area contributed by atoms with Crippen LogP contribution in [-0.2, 0) is 4.74 Å². The van der Waals surface area contributed by atoms with Crippen molar-refractivity contribution in [1.82, 2.24) is 10.2 Å². The second-order valence-corrected chi connectivity index (χ2v) is 7.17. The van der Waals surface area contributed by atoms with E-state index >= 15 is 0 Å². The van der Waals surface area contributed by atoms with E-state index in [4.69, 9.17) is 4.74 Å². The van der Waals surface area contributed by atoms with Gasteiger partial charge in [0.1, 0.15) is 0 Å². The Labute approximate surface area is 113 Å². The summed E-state index contributed by atoms with van der Waals surface area (Å²) in [6.07, 6.45) is 2.49. The van der Waals surface area contributed by atoms with E-state index in [1.165, 1.54) is 12.8 Å². The average Bonchev–Trinajstić information content (AvgIpc) is 2.25. The van der Waals surface area contributed by atoms with Crippen LogP contribution in [0.2, 0.25) is 0 Å². The standard InChI is InChI=1S/C15H32N2O/c1-6-16-10-15(8-7-9-18-13-15)12-17(5)11-14(2,3)4/h16H,6-13H2,1-5H3. The molecule has 0 saturated carbocycles. The molecule has 1 heterocycles. The normalized spacial score (nSPS) is 25.7. The SMILES string of the molecule is CCNCC1(CN(C)CC(C)(C)C)CCCOC1. The van der Waals surface area contributed by atoms with Gasteiger partial charge in [0.25, 0.3) is 0 Å². The third kappa shape index (κ3) is 5.68. The fourth-order valence-corrected chi connectivity index (χ4v) is 3.06. The molecular formula is C15H32N2O. The highest BCUT2D eigenvalue weighted by Gasteiger charge is 2.34. The number of nitrogens with zero attached hydrogens (tertiary/aromatic N) is 1. The van der Waals surface area contributed by atoms with Gasteiger partial charge in [0, 0.05) is 31.7 Å². The second-order valence-electron chi connectivity index (χ2n) is 7.17. The summed E-state index contributed by atoms with van der Waals surface area (Å²) in [5.41, 5.74) is 0.678. The summed E-state index contributed by atoms with van der Waals surface area (Å²) in [6, 6.07) is 0. The highest BCUT2D eigenvalue weighted by Crippen LogP contribution is 2.29. The molecule has 1 aliphatic heterocycles. The van der Waals surface area contributed by atoms with Gasteiger partial charge in [-0.05, 0) is 31.8 Å². The van der Waals surface area contributed by atoms with Crippen molar-refractivity contribution >= 4 is 0 Å². The monoisotopic (exact) mass is 256 g/mol. The molecule has 0 amide bonds. The van der Waals surface area contributed by atoms with Crippen molar-refractivity contribution in [2.75, 3.05) is 46.4 Å². The number of ether oxygens (including phenoxy) is 1. The molecule has 0 bridgehead atoms. The molecule has 1 fully saturated rings. The van der Waals surface area contributed by atoms with E-state index in [1.807, 2.05) is 0 Å². The first kappa shape index (κ1) is 15.9. The molecule has 0 aliphatic carbocycles. The largest absolute Gasteiger partial charge is 0.381 e. The van der Waals surface area contributed by atoms with E-state index in [9.17, 15) is 0 Å². The van der Waals surface area contributed by atoms with Gasteiger partial charge in [-0.25, -0.2) is 0 Å². The summed E-state index contributed by atoms with van der Waals surface area (Å²) >= 11 is 0. The van der Waals surface area contributed by atoms with Gasteiger partial charge in [0.2, 0.25) is 0 Å². The maximum atomic E-state index is 5.75. The molecule has 1 atom stereocenters. The molecule has 0 spiro atoms. The van der Waals surface area contributed by atoms with E-state index in [2.05, 4.69) is 45.0 Å². The van der Waals surface area contributed by atoms with Gasteiger partial charge in [0.05, 0.1) is 6.61 Å². The maximum absolute atomic E-state index is 5.75. The van der Waals surface area contributed by atoms with Gasteiger partial charge in [-0.1, -0.05) is 27.7 Å². The molecule has 1 aliphatic rings. The van der Waals surface area contributed by atoms with Crippen molar-refractivity contribution in [2.45, 2.75) is 40.5 Å². The van der Waals surface area contributed by atoms with E-state index in [0.29, 0.717) is 10.8 Å². The highest BCUT2D eigenvalue weighted by molar-refractivity contribution is 4.87. The quantitative estimate of drug-likeness (QED) is 0.789. The molecule has 0 aromatic carbocycles. The second kappa shape index (κ2) is 6.88. The van der Waals surface area contributed by atoms with Crippen LogP contribution in [0.3, 0.4) is 0 Å². The van der Waals surface area contributed by atoms with Gasteiger partial charge >= 0.3 is 0 Å². The minimum absolute atomic E-state index is 0.314. The fourth-order valence-electron chi connectivity index (χ4n) is 3.06. The van der Waals surface area contributed by atoms with Gasteiger partial charge in [0.15, 0.2) is 0 Å². The van der Waals surface area contributed by atoms with E-state index < -0.39 is 0 Å². The average molecular weight is 256 g/mol. The van der Waals surface area contributed by atoms with Crippen LogP contribution in [0.15, 0.2) is 0 Å². The van der Waals surface area contributed by atoms with Crippen LogP contribution in [-0.4, -0.2) is 51.3 Å². The van der Waals surface area contributed by atoms with Crippen LogP contribution in [0.1, 0.15) is 40.5 Å². The van der Waals surface area contributed by atoms with Crippen molar-refractivity contribution < 1.29 is 4.74 Å². The van der Waals surface area contributed by atoms with Crippen LogP contribution in [0.25, 0.3) is 0 Å². The third-order valence-electron chi connectivity index (χ3n) is 3.50. The Morgan fingerprint density at radius 3 is 2.56 bits per heavy atom. The molecule has 3 heteroatoms. The summed E-state index contributed by atoms with van der Waals surface area (Å²) in [7, 11) is 2.24. The summed E-state index contributed by atoms with van der Waals surface area (Å²) < 4.78 is 5.75. The number of hydrogen-bond donors (Lipinski definition) is 1. The molecule has 3 nitrogen and oxygen atoms in total. The molecule has 0 aromatic heterocycles. The molecule has 0 aromatic rings. The van der Waals surface area contributed by atoms with Crippen molar-refractivity contribution in [1.29, 1.82) is 0 Å². The first-order valence-electron chi connectivity index (χ1n) is 7.34. The minimum Gasteiger partial charge on any atom is -0.381 e. The molecule has 0 radical (unpaired) electrons. The lowest BCUT2D eigenvalue weighted by Gasteiger charge is -2.41. The van der Waals surface area contributed by atoms with E-state index in [1.54, 1.807) is 0 Å². The molecule has 108 valence electrons. The van der Waals surface area contributed by atoms with Crippen LogP contribution in [0.4, 0.5) is 0 Å². The zero-order chi connectivity index (χ0) is 13.6. The molecular weight excluding hydrogens is 224 g/mol. The number of rotatable bonds is 6. The van der Waals surface area contributed by atoms with Crippen LogP contribution in [0, 0.1) is 10.8 Å². The first-order chi connectivity index (χ1) is 8.37. The molecule has 1 N–H and O–H groups in total. The first-order valence-corrected chi connectivity index (χ1v) is 7.34. The Hall–Kier alpha value is -0.120. The minimum atomic E-state index is 0.314. The van der Waals surface area contributed by atoms with Gasteiger partial charge in [-0.15, -0.1) is 0 Å². The van der Waals surface area contributed by atoms with Crippen molar-refractivity contribution in [3.63, 3.8) is 0 Å². The zero-order valence-electron chi connectivity index (χ0n) is 13.0. The maximum Gasteiger partial charge on any atom is 0.0546 e. The fraction of sp³-hybridized carbons (Fsp3) is 1.00. The molecule has 1 unspecified atom stereocenters. The summed E-state index contributed by atoms with van der Waals surface area (Å²) in [6.45, 7) is 15.3. The van der Waals surface area contributed by atoms with E-state index in [-0.39, 0.29) is 0 Å². The lowest BCUT2D eigenvalue weighted by molar-refractivity contribution is -0.0257. The van der Waals surface area contributed by atoms with Crippen LogP contribution >= 0.6 is 0 Å². The molecule has 1 saturated heterocycles. The predicted molar refractivity (Wildman–Crippen MR) is 78.0 cm³/mol. The smallest absolute Gasteiger partial charge is 0.0546 e. The van der Waals surface area contributed by atoms with Gasteiger partial charge in [-0.2, -0.15) is 0 Å². The summed E-state index contributed by atoms with van der Waals surface area (Å²) in [5.74, 6) is 0. The Morgan fingerprint density at radius 1 is 1.33 bits per heavy atom.